The molecule has 0 spiro atoms. The van der Waals surface area contributed by atoms with E-state index in [1.807, 2.05) is 11.7 Å². The number of piperazine rings is 1. The molecule has 2 rings (SSSR count). The minimum absolute atomic E-state index is 0.0847. The van der Waals surface area contributed by atoms with Crippen LogP contribution >= 0.6 is 0 Å². The summed E-state index contributed by atoms with van der Waals surface area (Å²) in [6.07, 6.45) is 2.16. The minimum Gasteiger partial charge on any atom is -0.329 e. The van der Waals surface area contributed by atoms with Crippen molar-refractivity contribution >= 4 is 0 Å². The fourth-order valence-electron chi connectivity index (χ4n) is 2.98. The van der Waals surface area contributed by atoms with Gasteiger partial charge in [0.1, 0.15) is 0 Å². The van der Waals surface area contributed by atoms with E-state index in [2.05, 4.69) is 48.9 Å². The lowest BCUT2D eigenvalue weighted by Crippen LogP contribution is -2.54. The number of aryl methyl sites for hydroxylation is 1. The third kappa shape index (κ3) is 3.40. The number of rotatable bonds is 3. The summed E-state index contributed by atoms with van der Waals surface area (Å²) in [5, 5.41) is 4.66. The molecule has 0 bridgehead atoms. The largest absolute Gasteiger partial charge is 0.329 e. The molecule has 5 nitrogen and oxygen atoms in total. The van der Waals surface area contributed by atoms with Crippen LogP contribution in [-0.4, -0.2) is 58.8 Å². The van der Waals surface area contributed by atoms with Gasteiger partial charge in [-0.2, -0.15) is 5.10 Å². The van der Waals surface area contributed by atoms with Gasteiger partial charge in [-0.05, 0) is 7.05 Å². The Labute approximate surface area is 122 Å². The fraction of sp³-hybridized carbons (Fsp3) is 0.800. The number of hydrogen-bond acceptors (Lipinski definition) is 4. The molecule has 1 aromatic heterocycles. The molecule has 1 fully saturated rings. The second-order valence-corrected chi connectivity index (χ2v) is 7.05. The first kappa shape index (κ1) is 15.5. The SMILES string of the molecule is CN1CCN(Cc2cn(C)nc2C(C)(C)C)C(CN)C1. The van der Waals surface area contributed by atoms with Crippen LogP contribution in [0.2, 0.25) is 0 Å². The Morgan fingerprint density at radius 3 is 2.60 bits per heavy atom. The monoisotopic (exact) mass is 279 g/mol. The molecule has 2 N–H and O–H groups in total. The van der Waals surface area contributed by atoms with Crippen molar-refractivity contribution in [1.29, 1.82) is 0 Å². The van der Waals surface area contributed by atoms with E-state index < -0.39 is 0 Å². The van der Waals surface area contributed by atoms with E-state index in [4.69, 9.17) is 5.73 Å². The van der Waals surface area contributed by atoms with E-state index in [0.717, 1.165) is 32.7 Å². The first-order chi connectivity index (χ1) is 9.31. The van der Waals surface area contributed by atoms with Crippen LogP contribution in [0.15, 0.2) is 6.20 Å². The second kappa shape index (κ2) is 5.84. The van der Waals surface area contributed by atoms with Gasteiger partial charge in [0.05, 0.1) is 5.69 Å². The van der Waals surface area contributed by atoms with Crippen molar-refractivity contribution in [2.24, 2.45) is 12.8 Å². The van der Waals surface area contributed by atoms with Gasteiger partial charge >= 0.3 is 0 Å². The highest BCUT2D eigenvalue weighted by Crippen LogP contribution is 2.26. The van der Waals surface area contributed by atoms with Gasteiger partial charge in [0.25, 0.3) is 0 Å². The van der Waals surface area contributed by atoms with Crippen LogP contribution in [0.25, 0.3) is 0 Å². The van der Waals surface area contributed by atoms with Crippen molar-refractivity contribution in [3.8, 4) is 0 Å². The molecule has 0 saturated carbocycles. The van der Waals surface area contributed by atoms with Gasteiger partial charge in [0.2, 0.25) is 0 Å². The summed E-state index contributed by atoms with van der Waals surface area (Å²) in [6, 6.07) is 0.446. The summed E-state index contributed by atoms with van der Waals surface area (Å²) in [6.45, 7) is 11.6. The predicted molar refractivity (Wildman–Crippen MR) is 82.7 cm³/mol. The van der Waals surface area contributed by atoms with Crippen molar-refractivity contribution in [2.45, 2.75) is 38.8 Å². The molecule has 0 amide bonds. The number of nitrogens with two attached hydrogens (primary N) is 1. The van der Waals surface area contributed by atoms with E-state index in [1.54, 1.807) is 0 Å². The first-order valence-electron chi connectivity index (χ1n) is 7.47. The second-order valence-electron chi connectivity index (χ2n) is 7.05. The van der Waals surface area contributed by atoms with Gasteiger partial charge in [-0.1, -0.05) is 20.8 Å². The molecule has 1 unspecified atom stereocenters. The van der Waals surface area contributed by atoms with Crippen LogP contribution in [0.1, 0.15) is 32.0 Å². The number of hydrogen-bond donors (Lipinski definition) is 1. The Bertz CT molecular complexity index is 446. The Balaban J connectivity index is 2.17. The number of aromatic nitrogens is 2. The Morgan fingerprint density at radius 1 is 1.30 bits per heavy atom. The van der Waals surface area contributed by atoms with Gasteiger partial charge in [0, 0.05) is 63.0 Å². The number of likely N-dealkylation sites (N-methyl/N-ethyl adjacent to an activating group) is 1. The predicted octanol–water partition coefficient (Wildman–Crippen LogP) is 0.792. The van der Waals surface area contributed by atoms with Crippen molar-refractivity contribution in [2.75, 3.05) is 33.2 Å². The summed E-state index contributed by atoms with van der Waals surface area (Å²) in [5.41, 5.74) is 8.57. The molecule has 114 valence electrons. The molecule has 1 atom stereocenters. The van der Waals surface area contributed by atoms with Crippen LogP contribution < -0.4 is 5.73 Å². The van der Waals surface area contributed by atoms with Crippen molar-refractivity contribution in [1.82, 2.24) is 19.6 Å². The molecule has 1 saturated heterocycles. The molecule has 0 radical (unpaired) electrons. The van der Waals surface area contributed by atoms with E-state index in [1.165, 1.54) is 11.3 Å². The lowest BCUT2D eigenvalue weighted by atomic mass is 9.89. The fourth-order valence-corrected chi connectivity index (χ4v) is 2.98. The molecule has 1 aromatic rings. The zero-order chi connectivity index (χ0) is 14.9. The van der Waals surface area contributed by atoms with Crippen LogP contribution in [0.5, 0.6) is 0 Å². The van der Waals surface area contributed by atoms with Gasteiger partial charge in [-0.15, -0.1) is 0 Å². The van der Waals surface area contributed by atoms with Gasteiger partial charge in [-0.25, -0.2) is 0 Å². The van der Waals surface area contributed by atoms with Crippen LogP contribution in [0.3, 0.4) is 0 Å². The molecule has 20 heavy (non-hydrogen) atoms. The summed E-state index contributed by atoms with van der Waals surface area (Å²) in [5.74, 6) is 0. The lowest BCUT2D eigenvalue weighted by Gasteiger charge is -2.39. The topological polar surface area (TPSA) is 50.3 Å². The Morgan fingerprint density at radius 2 is 2.00 bits per heavy atom. The number of nitrogens with zero attached hydrogens (tertiary/aromatic N) is 4. The molecular formula is C15H29N5. The molecule has 0 aliphatic carbocycles. The maximum absolute atomic E-state index is 5.95. The van der Waals surface area contributed by atoms with Gasteiger partial charge < -0.3 is 10.6 Å². The average Bonchev–Trinajstić information content (AvgIpc) is 2.72. The quantitative estimate of drug-likeness (QED) is 0.889. The van der Waals surface area contributed by atoms with Crippen LogP contribution in [0.4, 0.5) is 0 Å². The maximum atomic E-state index is 5.95. The van der Waals surface area contributed by atoms with Crippen molar-refractivity contribution < 1.29 is 0 Å². The summed E-state index contributed by atoms with van der Waals surface area (Å²) < 4.78 is 1.93. The summed E-state index contributed by atoms with van der Waals surface area (Å²) in [4.78, 5) is 4.87. The van der Waals surface area contributed by atoms with Gasteiger partial charge in [0.15, 0.2) is 0 Å². The molecule has 1 aliphatic rings. The summed E-state index contributed by atoms with van der Waals surface area (Å²) in [7, 11) is 4.17. The first-order valence-corrected chi connectivity index (χ1v) is 7.47. The third-order valence-corrected chi connectivity index (χ3v) is 4.07. The van der Waals surface area contributed by atoms with E-state index in [9.17, 15) is 0 Å². The van der Waals surface area contributed by atoms with Crippen molar-refractivity contribution in [3.05, 3.63) is 17.5 Å². The molecule has 1 aliphatic heterocycles. The third-order valence-electron chi connectivity index (χ3n) is 4.07. The zero-order valence-electron chi connectivity index (χ0n) is 13.6. The maximum Gasteiger partial charge on any atom is 0.0722 e. The normalized spacial score (nSPS) is 22.4. The Hall–Kier alpha value is -0.910. The summed E-state index contributed by atoms with van der Waals surface area (Å²) >= 11 is 0. The highest BCUT2D eigenvalue weighted by atomic mass is 15.3. The average molecular weight is 279 g/mol. The van der Waals surface area contributed by atoms with E-state index in [0.29, 0.717) is 6.04 Å². The smallest absolute Gasteiger partial charge is 0.0722 e. The highest BCUT2D eigenvalue weighted by molar-refractivity contribution is 5.24. The zero-order valence-corrected chi connectivity index (χ0v) is 13.6. The molecule has 2 heterocycles. The van der Waals surface area contributed by atoms with Crippen LogP contribution in [0, 0.1) is 0 Å². The van der Waals surface area contributed by atoms with Gasteiger partial charge in [-0.3, -0.25) is 9.58 Å². The lowest BCUT2D eigenvalue weighted by molar-refractivity contribution is 0.0876. The van der Waals surface area contributed by atoms with Crippen LogP contribution in [-0.2, 0) is 19.0 Å². The molecule has 0 aromatic carbocycles. The Kier molecular flexibility index (Phi) is 4.52. The molecular weight excluding hydrogens is 250 g/mol. The standard InChI is InChI=1S/C15H29N5/c1-15(2,3)14-12(9-19(5)17-14)10-20-7-6-18(4)11-13(20)8-16/h9,13H,6-8,10-11,16H2,1-5H3. The van der Waals surface area contributed by atoms with E-state index in [-0.39, 0.29) is 5.41 Å². The van der Waals surface area contributed by atoms with Crippen molar-refractivity contribution in [3.63, 3.8) is 0 Å². The molecule has 5 heteroatoms. The minimum atomic E-state index is 0.0847. The highest BCUT2D eigenvalue weighted by Gasteiger charge is 2.28. The van der Waals surface area contributed by atoms with E-state index >= 15 is 0 Å².